The van der Waals surface area contributed by atoms with Gasteiger partial charge in [-0.15, -0.1) is 0 Å². The van der Waals surface area contributed by atoms with E-state index in [0.29, 0.717) is 5.75 Å². The Bertz CT molecular complexity index is 551. The average Bonchev–Trinajstić information content (AvgIpc) is 3.13. The number of hydrogen-bond acceptors (Lipinski definition) is 2. The van der Waals surface area contributed by atoms with Crippen molar-refractivity contribution in [2.45, 2.75) is 37.2 Å². The minimum atomic E-state index is -4.48. The maximum absolute atomic E-state index is 13.6. The first-order chi connectivity index (χ1) is 9.54. The summed E-state index contributed by atoms with van der Waals surface area (Å²) in [5.74, 6) is 0.486. The van der Waals surface area contributed by atoms with E-state index in [1.165, 1.54) is 31.4 Å². The zero-order valence-corrected chi connectivity index (χ0v) is 13.1. The molecule has 0 N–H and O–H groups in total. The Labute approximate surface area is 124 Å². The lowest BCUT2D eigenvalue weighted by molar-refractivity contribution is -0.168. The van der Waals surface area contributed by atoms with Gasteiger partial charge in [-0.1, -0.05) is 12.1 Å². The molecule has 0 amide bonds. The third-order valence-electron chi connectivity index (χ3n) is 3.46. The molecule has 1 aliphatic rings. The summed E-state index contributed by atoms with van der Waals surface area (Å²) in [5.41, 5.74) is -2.06. The molecule has 21 heavy (non-hydrogen) atoms. The first kappa shape index (κ1) is 16.3. The monoisotopic (exact) mass is 321 g/mol. The van der Waals surface area contributed by atoms with E-state index in [9.17, 15) is 17.4 Å². The van der Waals surface area contributed by atoms with Gasteiger partial charge in [0.2, 0.25) is 0 Å². The van der Waals surface area contributed by atoms with Crippen molar-refractivity contribution in [2.24, 2.45) is 0 Å². The van der Waals surface area contributed by atoms with Crippen LogP contribution < -0.4 is 4.74 Å². The largest absolute Gasteiger partial charge is 0.497 e. The van der Waals surface area contributed by atoms with E-state index >= 15 is 0 Å². The number of benzene rings is 1. The van der Waals surface area contributed by atoms with E-state index < -0.39 is 27.4 Å². The van der Waals surface area contributed by atoms with Gasteiger partial charge in [0.15, 0.2) is 5.54 Å². The SMILES string of the molecule is COc1ccc([C@]2(C(F)(F)F)CN2S(=O)C(C)(C)C)cc1. The van der Waals surface area contributed by atoms with Gasteiger partial charge in [-0.25, -0.2) is 8.51 Å². The zero-order valence-electron chi connectivity index (χ0n) is 12.3. The molecule has 0 bridgehead atoms. The summed E-state index contributed by atoms with van der Waals surface area (Å²) < 4.78 is 58.2. The van der Waals surface area contributed by atoms with Gasteiger partial charge in [0.1, 0.15) is 16.7 Å². The van der Waals surface area contributed by atoms with Crippen molar-refractivity contribution in [2.75, 3.05) is 13.7 Å². The molecule has 3 nitrogen and oxygen atoms in total. The molecule has 0 saturated carbocycles. The Morgan fingerprint density at radius 3 is 2.10 bits per heavy atom. The highest BCUT2D eigenvalue weighted by Crippen LogP contribution is 2.56. The van der Waals surface area contributed by atoms with Gasteiger partial charge in [0.25, 0.3) is 0 Å². The van der Waals surface area contributed by atoms with Crippen LogP contribution in [0.25, 0.3) is 0 Å². The molecule has 3 atom stereocenters. The number of hydrogen-bond donors (Lipinski definition) is 0. The van der Waals surface area contributed by atoms with Crippen molar-refractivity contribution in [1.82, 2.24) is 4.31 Å². The molecule has 1 aliphatic heterocycles. The molecule has 1 aromatic rings. The number of halogens is 3. The van der Waals surface area contributed by atoms with Gasteiger partial charge < -0.3 is 4.74 Å². The summed E-state index contributed by atoms with van der Waals surface area (Å²) in [7, 11) is -0.268. The smallest absolute Gasteiger partial charge is 0.413 e. The van der Waals surface area contributed by atoms with Gasteiger partial charge in [0.05, 0.1) is 11.9 Å². The molecule has 1 aromatic carbocycles. The van der Waals surface area contributed by atoms with Gasteiger partial charge in [0, 0.05) is 6.54 Å². The number of methoxy groups -OCH3 is 1. The second kappa shape index (κ2) is 4.98. The van der Waals surface area contributed by atoms with Crippen molar-refractivity contribution >= 4 is 11.0 Å². The van der Waals surface area contributed by atoms with Gasteiger partial charge in [-0.3, -0.25) is 0 Å². The second-order valence-electron chi connectivity index (χ2n) is 5.98. The lowest BCUT2D eigenvalue weighted by Crippen LogP contribution is -2.38. The van der Waals surface area contributed by atoms with Gasteiger partial charge >= 0.3 is 6.18 Å². The molecule has 0 aromatic heterocycles. The molecule has 1 saturated heterocycles. The molecule has 0 aliphatic carbocycles. The highest BCUT2D eigenvalue weighted by Gasteiger charge is 2.73. The molecule has 0 radical (unpaired) electrons. The predicted octanol–water partition coefficient (Wildman–Crippen LogP) is 3.23. The number of alkyl halides is 3. The molecule has 1 fully saturated rings. The fourth-order valence-corrected chi connectivity index (χ4v) is 3.66. The third kappa shape index (κ3) is 2.68. The van der Waals surface area contributed by atoms with Crippen LogP contribution in [0.2, 0.25) is 0 Å². The number of rotatable bonds is 3. The summed E-state index contributed by atoms with van der Waals surface area (Å²) in [6.45, 7) is 4.70. The van der Waals surface area contributed by atoms with Crippen molar-refractivity contribution in [3.05, 3.63) is 29.8 Å². The van der Waals surface area contributed by atoms with Crippen LogP contribution in [0.5, 0.6) is 5.75 Å². The summed E-state index contributed by atoms with van der Waals surface area (Å²) in [6.07, 6.45) is -4.48. The van der Waals surface area contributed by atoms with Crippen LogP contribution in [0.4, 0.5) is 13.2 Å². The Morgan fingerprint density at radius 2 is 1.71 bits per heavy atom. The minimum Gasteiger partial charge on any atom is -0.497 e. The van der Waals surface area contributed by atoms with Gasteiger partial charge in [-0.2, -0.15) is 13.2 Å². The second-order valence-corrected chi connectivity index (χ2v) is 8.15. The minimum absolute atomic E-state index is 0.0911. The fourth-order valence-electron chi connectivity index (χ4n) is 2.20. The zero-order chi connectivity index (χ0) is 16.1. The summed E-state index contributed by atoms with van der Waals surface area (Å²) in [6, 6.07) is 5.73. The standard InChI is InChI=1S/C14H18F3NO2S/c1-12(2,3)21(19)18-9-13(18,14(15,16)17)10-5-7-11(20-4)8-6-10/h5-8H,9H2,1-4H3/t13-,18?,21?/m0/s1. The maximum Gasteiger partial charge on any atom is 0.413 e. The van der Waals surface area contributed by atoms with Crippen LogP contribution in [0.1, 0.15) is 26.3 Å². The molecule has 2 unspecified atom stereocenters. The van der Waals surface area contributed by atoms with E-state index in [-0.39, 0.29) is 12.1 Å². The topological polar surface area (TPSA) is 29.3 Å². The summed E-state index contributed by atoms with van der Waals surface area (Å²) in [4.78, 5) is 0. The Balaban J connectivity index is 2.40. The van der Waals surface area contributed by atoms with Crippen LogP contribution in [-0.4, -0.2) is 33.1 Å². The first-order valence-electron chi connectivity index (χ1n) is 6.45. The fraction of sp³-hybridized carbons (Fsp3) is 0.571. The molecule has 118 valence electrons. The van der Waals surface area contributed by atoms with E-state index in [1.807, 2.05) is 0 Å². The van der Waals surface area contributed by atoms with Crippen molar-refractivity contribution in [3.63, 3.8) is 0 Å². The Kier molecular flexibility index (Phi) is 3.87. The molecule has 1 heterocycles. The lowest BCUT2D eigenvalue weighted by Gasteiger charge is -2.25. The quantitative estimate of drug-likeness (QED) is 0.800. The van der Waals surface area contributed by atoms with Crippen LogP contribution in [0.3, 0.4) is 0 Å². The van der Waals surface area contributed by atoms with Crippen LogP contribution >= 0.6 is 0 Å². The molecule has 7 heteroatoms. The third-order valence-corrected chi connectivity index (χ3v) is 5.34. The summed E-state index contributed by atoms with van der Waals surface area (Å²) >= 11 is 0. The van der Waals surface area contributed by atoms with E-state index in [0.717, 1.165) is 4.31 Å². The highest BCUT2D eigenvalue weighted by molar-refractivity contribution is 7.84. The molecular formula is C14H18F3NO2S. The molecular weight excluding hydrogens is 303 g/mol. The van der Waals surface area contributed by atoms with Gasteiger partial charge in [-0.05, 0) is 38.5 Å². The molecule has 2 rings (SSSR count). The van der Waals surface area contributed by atoms with Crippen LogP contribution in [-0.2, 0) is 16.5 Å². The van der Waals surface area contributed by atoms with E-state index in [1.54, 1.807) is 20.8 Å². The Hall–Kier alpha value is -1.08. The van der Waals surface area contributed by atoms with Crippen molar-refractivity contribution < 1.29 is 22.1 Å². The lowest BCUT2D eigenvalue weighted by atomic mass is 9.98. The predicted molar refractivity (Wildman–Crippen MR) is 75.3 cm³/mol. The van der Waals surface area contributed by atoms with E-state index in [4.69, 9.17) is 4.74 Å². The summed E-state index contributed by atoms with van der Waals surface area (Å²) in [5, 5.41) is 0. The maximum atomic E-state index is 13.6. The number of ether oxygens (including phenoxy) is 1. The van der Waals surface area contributed by atoms with Crippen LogP contribution in [0, 0.1) is 0 Å². The highest BCUT2D eigenvalue weighted by atomic mass is 32.2. The van der Waals surface area contributed by atoms with Crippen molar-refractivity contribution in [1.29, 1.82) is 0 Å². The van der Waals surface area contributed by atoms with Crippen molar-refractivity contribution in [3.8, 4) is 5.75 Å². The average molecular weight is 321 g/mol. The molecule has 0 spiro atoms. The Morgan fingerprint density at radius 1 is 1.19 bits per heavy atom. The number of nitrogens with zero attached hydrogens (tertiary/aromatic N) is 1. The van der Waals surface area contributed by atoms with E-state index in [2.05, 4.69) is 0 Å². The van der Waals surface area contributed by atoms with Crippen LogP contribution in [0.15, 0.2) is 24.3 Å². The first-order valence-corrected chi connectivity index (χ1v) is 7.55. The normalized spacial score (nSPS) is 27.3.